The zero-order chi connectivity index (χ0) is 16.7. The van der Waals surface area contributed by atoms with E-state index in [2.05, 4.69) is 16.9 Å². The van der Waals surface area contributed by atoms with Crippen molar-refractivity contribution in [3.05, 3.63) is 36.0 Å². The normalized spacial score (nSPS) is 10.5. The van der Waals surface area contributed by atoms with Crippen LogP contribution in [0, 0.1) is 0 Å². The standard InChI is InChI=1S/C17H22N4O2/c1-2-3-4-5-9-23-13-8-6-7-12(10-13)14-11-15(16(18)22)21-17(19)20-14/h6-8,10-11H,2-5,9H2,1H3,(H2,18,22)(H2,19,20,21). The summed E-state index contributed by atoms with van der Waals surface area (Å²) in [6.45, 7) is 2.86. The summed E-state index contributed by atoms with van der Waals surface area (Å²) in [6, 6.07) is 9.03. The second-order valence-corrected chi connectivity index (χ2v) is 5.30. The Morgan fingerprint density at radius 3 is 2.74 bits per heavy atom. The van der Waals surface area contributed by atoms with E-state index in [1.54, 1.807) is 0 Å². The number of rotatable bonds is 8. The summed E-state index contributed by atoms with van der Waals surface area (Å²) in [5.74, 6) is 0.141. The number of amides is 1. The van der Waals surface area contributed by atoms with Gasteiger partial charge >= 0.3 is 0 Å². The van der Waals surface area contributed by atoms with Crippen LogP contribution in [0.5, 0.6) is 5.75 Å². The maximum absolute atomic E-state index is 11.3. The van der Waals surface area contributed by atoms with Gasteiger partial charge in [-0.25, -0.2) is 9.97 Å². The summed E-state index contributed by atoms with van der Waals surface area (Å²) in [4.78, 5) is 19.3. The summed E-state index contributed by atoms with van der Waals surface area (Å²) < 4.78 is 5.76. The highest BCUT2D eigenvalue weighted by Gasteiger charge is 2.09. The molecule has 1 aromatic carbocycles. The van der Waals surface area contributed by atoms with Crippen LogP contribution in [0.2, 0.25) is 0 Å². The van der Waals surface area contributed by atoms with Crippen molar-refractivity contribution in [3.63, 3.8) is 0 Å². The van der Waals surface area contributed by atoms with Crippen molar-refractivity contribution in [1.82, 2.24) is 9.97 Å². The quantitative estimate of drug-likeness (QED) is 0.729. The lowest BCUT2D eigenvalue weighted by molar-refractivity contribution is 0.0995. The van der Waals surface area contributed by atoms with Crippen molar-refractivity contribution in [3.8, 4) is 17.0 Å². The number of nitrogens with zero attached hydrogens (tertiary/aromatic N) is 2. The fourth-order valence-corrected chi connectivity index (χ4v) is 2.20. The van der Waals surface area contributed by atoms with Crippen LogP contribution in [0.3, 0.4) is 0 Å². The van der Waals surface area contributed by atoms with Crippen LogP contribution < -0.4 is 16.2 Å². The molecule has 6 nitrogen and oxygen atoms in total. The van der Waals surface area contributed by atoms with E-state index in [4.69, 9.17) is 16.2 Å². The Hall–Kier alpha value is -2.63. The number of hydrogen-bond acceptors (Lipinski definition) is 5. The minimum atomic E-state index is -0.635. The lowest BCUT2D eigenvalue weighted by Gasteiger charge is -2.08. The van der Waals surface area contributed by atoms with Crippen molar-refractivity contribution in [2.75, 3.05) is 12.3 Å². The highest BCUT2D eigenvalue weighted by atomic mass is 16.5. The molecule has 2 aromatic rings. The van der Waals surface area contributed by atoms with E-state index in [0.717, 1.165) is 17.7 Å². The summed E-state index contributed by atoms with van der Waals surface area (Å²) in [6.07, 6.45) is 4.62. The van der Waals surface area contributed by atoms with Crippen LogP contribution in [0.15, 0.2) is 30.3 Å². The van der Waals surface area contributed by atoms with E-state index in [9.17, 15) is 4.79 Å². The molecule has 0 atom stereocenters. The number of ether oxygens (including phenoxy) is 1. The lowest BCUT2D eigenvalue weighted by Crippen LogP contribution is -2.15. The first-order valence-corrected chi connectivity index (χ1v) is 7.77. The van der Waals surface area contributed by atoms with E-state index in [-0.39, 0.29) is 11.6 Å². The number of aromatic nitrogens is 2. The maximum Gasteiger partial charge on any atom is 0.267 e. The Bertz CT molecular complexity index is 673. The Balaban J connectivity index is 2.11. The monoisotopic (exact) mass is 314 g/mol. The second-order valence-electron chi connectivity index (χ2n) is 5.30. The smallest absolute Gasteiger partial charge is 0.267 e. The lowest BCUT2D eigenvalue weighted by atomic mass is 10.1. The molecule has 0 aliphatic heterocycles. The molecule has 0 spiro atoms. The van der Waals surface area contributed by atoms with Gasteiger partial charge in [0.1, 0.15) is 11.4 Å². The first kappa shape index (κ1) is 16.7. The van der Waals surface area contributed by atoms with E-state index in [0.29, 0.717) is 12.3 Å². The molecular weight excluding hydrogens is 292 g/mol. The van der Waals surface area contributed by atoms with Crippen molar-refractivity contribution in [2.24, 2.45) is 5.73 Å². The number of carbonyl (C=O) groups excluding carboxylic acids is 1. The van der Waals surface area contributed by atoms with Crippen LogP contribution in [0.4, 0.5) is 5.95 Å². The molecule has 4 N–H and O–H groups in total. The Morgan fingerprint density at radius 2 is 2.00 bits per heavy atom. The highest BCUT2D eigenvalue weighted by molar-refractivity contribution is 5.92. The van der Waals surface area contributed by atoms with E-state index < -0.39 is 5.91 Å². The zero-order valence-electron chi connectivity index (χ0n) is 13.3. The number of nitrogens with two attached hydrogens (primary N) is 2. The van der Waals surface area contributed by atoms with Gasteiger partial charge in [-0.3, -0.25) is 4.79 Å². The average molecular weight is 314 g/mol. The van der Waals surface area contributed by atoms with Crippen LogP contribution >= 0.6 is 0 Å². The van der Waals surface area contributed by atoms with Gasteiger partial charge in [-0.05, 0) is 24.6 Å². The molecule has 0 fully saturated rings. The number of primary amides is 1. The molecular formula is C17H22N4O2. The Morgan fingerprint density at radius 1 is 1.17 bits per heavy atom. The highest BCUT2D eigenvalue weighted by Crippen LogP contribution is 2.23. The largest absolute Gasteiger partial charge is 0.494 e. The Kier molecular flexibility index (Phi) is 5.91. The maximum atomic E-state index is 11.3. The summed E-state index contributed by atoms with van der Waals surface area (Å²) in [7, 11) is 0. The minimum absolute atomic E-state index is 0.0159. The summed E-state index contributed by atoms with van der Waals surface area (Å²) in [5.41, 5.74) is 12.3. The third kappa shape index (κ3) is 4.95. The molecule has 122 valence electrons. The van der Waals surface area contributed by atoms with Crippen LogP contribution in [-0.4, -0.2) is 22.5 Å². The van der Waals surface area contributed by atoms with E-state index >= 15 is 0 Å². The second kappa shape index (κ2) is 8.12. The average Bonchev–Trinajstić information content (AvgIpc) is 2.54. The minimum Gasteiger partial charge on any atom is -0.494 e. The van der Waals surface area contributed by atoms with Crippen LogP contribution in [-0.2, 0) is 0 Å². The number of hydrogen-bond donors (Lipinski definition) is 2. The third-order valence-corrected chi connectivity index (χ3v) is 3.39. The third-order valence-electron chi connectivity index (χ3n) is 3.39. The fourth-order valence-electron chi connectivity index (χ4n) is 2.20. The molecule has 0 saturated heterocycles. The molecule has 0 bridgehead atoms. The topological polar surface area (TPSA) is 104 Å². The predicted molar refractivity (Wildman–Crippen MR) is 90.0 cm³/mol. The van der Waals surface area contributed by atoms with Crippen LogP contribution in [0.1, 0.15) is 43.1 Å². The van der Waals surface area contributed by atoms with E-state index in [1.807, 2.05) is 24.3 Å². The molecule has 0 saturated carbocycles. The van der Waals surface area contributed by atoms with Gasteiger partial charge in [-0.2, -0.15) is 0 Å². The molecule has 1 aromatic heterocycles. The van der Waals surface area contributed by atoms with Gasteiger partial charge in [-0.1, -0.05) is 38.3 Å². The van der Waals surface area contributed by atoms with Gasteiger partial charge in [0.25, 0.3) is 5.91 Å². The fraction of sp³-hybridized carbons (Fsp3) is 0.353. The van der Waals surface area contributed by atoms with Gasteiger partial charge in [0.05, 0.1) is 12.3 Å². The van der Waals surface area contributed by atoms with Gasteiger partial charge in [0.2, 0.25) is 5.95 Å². The van der Waals surface area contributed by atoms with Crippen molar-refractivity contribution in [1.29, 1.82) is 0 Å². The van der Waals surface area contributed by atoms with Crippen molar-refractivity contribution < 1.29 is 9.53 Å². The molecule has 23 heavy (non-hydrogen) atoms. The molecule has 0 aliphatic carbocycles. The van der Waals surface area contributed by atoms with Crippen molar-refractivity contribution in [2.45, 2.75) is 32.6 Å². The number of unbranched alkanes of at least 4 members (excludes halogenated alkanes) is 3. The molecule has 0 unspecified atom stereocenters. The molecule has 1 amide bonds. The van der Waals surface area contributed by atoms with Gasteiger partial charge < -0.3 is 16.2 Å². The van der Waals surface area contributed by atoms with Crippen LogP contribution in [0.25, 0.3) is 11.3 Å². The molecule has 0 radical (unpaired) electrons. The first-order chi connectivity index (χ1) is 11.1. The molecule has 2 rings (SSSR count). The van der Waals surface area contributed by atoms with Gasteiger partial charge in [-0.15, -0.1) is 0 Å². The first-order valence-electron chi connectivity index (χ1n) is 7.77. The number of carbonyl (C=O) groups is 1. The SMILES string of the molecule is CCCCCCOc1cccc(-c2cc(C(N)=O)nc(N)n2)c1. The molecule has 1 heterocycles. The van der Waals surface area contributed by atoms with Gasteiger partial charge in [0, 0.05) is 5.56 Å². The predicted octanol–water partition coefficient (Wildman–Crippen LogP) is 2.78. The number of benzene rings is 1. The Labute approximate surface area is 135 Å². The van der Waals surface area contributed by atoms with E-state index in [1.165, 1.54) is 25.3 Å². The number of nitrogen functional groups attached to an aromatic ring is 1. The summed E-state index contributed by atoms with van der Waals surface area (Å²) >= 11 is 0. The zero-order valence-corrected chi connectivity index (χ0v) is 13.3. The number of anilines is 1. The molecule has 0 aliphatic rings. The molecule has 6 heteroatoms. The van der Waals surface area contributed by atoms with Gasteiger partial charge in [0.15, 0.2) is 0 Å². The summed E-state index contributed by atoms with van der Waals surface area (Å²) in [5, 5.41) is 0. The van der Waals surface area contributed by atoms with Crippen molar-refractivity contribution >= 4 is 11.9 Å².